The van der Waals surface area contributed by atoms with Crippen LogP contribution in [0.1, 0.15) is 31.6 Å². The lowest BCUT2D eigenvalue weighted by atomic mass is 10.1. The molecule has 1 aromatic heterocycles. The van der Waals surface area contributed by atoms with Crippen molar-refractivity contribution in [1.29, 1.82) is 0 Å². The molecule has 1 heterocycles. The van der Waals surface area contributed by atoms with Crippen molar-refractivity contribution in [2.45, 2.75) is 31.9 Å². The minimum Gasteiger partial charge on any atom is -0.273 e. The van der Waals surface area contributed by atoms with Gasteiger partial charge >= 0.3 is 0 Å². The monoisotopic (exact) mass is 309 g/mol. The van der Waals surface area contributed by atoms with Crippen molar-refractivity contribution in [2.75, 3.05) is 7.05 Å². The number of thiophene rings is 1. The molecule has 0 N–H and O–H groups in total. The maximum atomic E-state index is 12.1. The summed E-state index contributed by atoms with van der Waals surface area (Å²) in [6, 6.07) is 3.44. The molecule has 1 atom stereocenters. The number of hydrogen-bond acceptors (Lipinski definition) is 4. The van der Waals surface area contributed by atoms with Crippen molar-refractivity contribution in [3.05, 3.63) is 21.3 Å². The van der Waals surface area contributed by atoms with Gasteiger partial charge < -0.3 is 0 Å². The number of nitrogens with zero attached hydrogens (tertiary/aromatic N) is 1. The van der Waals surface area contributed by atoms with Crippen LogP contribution in [0, 0.1) is 0 Å². The predicted octanol–water partition coefficient (Wildman–Crippen LogP) is 2.70. The van der Waals surface area contributed by atoms with E-state index >= 15 is 0 Å². The van der Waals surface area contributed by atoms with Crippen molar-refractivity contribution >= 4 is 38.9 Å². The average molecular weight is 310 g/mol. The fourth-order valence-corrected chi connectivity index (χ4v) is 3.54. The zero-order chi connectivity index (χ0) is 14.1. The van der Waals surface area contributed by atoms with E-state index in [1.807, 2.05) is 0 Å². The van der Waals surface area contributed by atoms with Crippen LogP contribution in [0.15, 0.2) is 12.1 Å². The van der Waals surface area contributed by atoms with Gasteiger partial charge in [-0.3, -0.25) is 4.79 Å². The predicted molar refractivity (Wildman–Crippen MR) is 74.6 cm³/mol. The largest absolute Gasteiger partial charge is 0.273 e. The summed E-state index contributed by atoms with van der Waals surface area (Å²) < 4.78 is 25.2. The van der Waals surface area contributed by atoms with Gasteiger partial charge in [0.1, 0.15) is 0 Å². The van der Waals surface area contributed by atoms with Crippen LogP contribution in [-0.2, 0) is 14.8 Å². The molecule has 18 heavy (non-hydrogen) atoms. The second kappa shape index (κ2) is 5.59. The Hall–Kier alpha value is -0.590. The van der Waals surface area contributed by atoms with E-state index < -0.39 is 27.1 Å². The topological polar surface area (TPSA) is 54.5 Å². The minimum atomic E-state index is -3.57. The smallest absolute Gasteiger partial charge is 0.243 e. The number of likely N-dealkylation sites (N-methyl/N-ethyl adjacent to an activating group) is 1. The van der Waals surface area contributed by atoms with Crippen LogP contribution in [-0.4, -0.2) is 30.9 Å². The van der Waals surface area contributed by atoms with Crippen LogP contribution < -0.4 is 0 Å². The Morgan fingerprint density at radius 3 is 2.28 bits per heavy atom. The fourth-order valence-electron chi connectivity index (χ4n) is 1.40. The third kappa shape index (κ3) is 3.05. The number of rotatable bonds is 4. The summed E-state index contributed by atoms with van der Waals surface area (Å²) in [5.74, 6) is -0.955. The normalized spacial score (nSPS) is 13.7. The molecule has 0 unspecified atom stereocenters. The Labute approximate surface area is 117 Å². The molecule has 1 aromatic rings. The van der Waals surface area contributed by atoms with E-state index in [9.17, 15) is 13.2 Å². The highest BCUT2D eigenvalue weighted by Gasteiger charge is 2.30. The van der Waals surface area contributed by atoms with Crippen LogP contribution in [0.5, 0.6) is 0 Å². The maximum Gasteiger partial charge on any atom is 0.243 e. The van der Waals surface area contributed by atoms with Gasteiger partial charge in [-0.25, -0.2) is 12.7 Å². The first-order valence-corrected chi connectivity index (χ1v) is 8.14. The molecule has 0 aliphatic heterocycles. The minimum absolute atomic E-state index is 0.442. The molecule has 0 aliphatic rings. The number of sulfonamides is 1. The van der Waals surface area contributed by atoms with E-state index in [0.29, 0.717) is 4.34 Å². The van der Waals surface area contributed by atoms with Gasteiger partial charge in [-0.1, -0.05) is 11.6 Å². The van der Waals surface area contributed by atoms with Crippen molar-refractivity contribution in [2.24, 2.45) is 0 Å². The molecule has 0 aromatic carbocycles. The highest BCUT2D eigenvalue weighted by Crippen LogP contribution is 2.29. The zero-order valence-electron chi connectivity index (χ0n) is 10.7. The lowest BCUT2D eigenvalue weighted by molar-refractivity contribution is -0.126. The summed E-state index contributed by atoms with van der Waals surface area (Å²) >= 11 is 7.09. The third-order valence-corrected chi connectivity index (χ3v) is 6.23. The SMILES string of the molecule is CC(C)S(=O)(=O)N(C)C(=O)[C@@H](C)c1ccc(Cl)s1. The third-order valence-electron chi connectivity index (χ3n) is 2.68. The molecule has 0 saturated heterocycles. The Morgan fingerprint density at radius 1 is 1.33 bits per heavy atom. The maximum absolute atomic E-state index is 12.1. The molecule has 1 rings (SSSR count). The molecule has 0 fully saturated rings. The van der Waals surface area contributed by atoms with Crippen molar-refractivity contribution < 1.29 is 13.2 Å². The fraction of sp³-hybridized carbons (Fsp3) is 0.545. The van der Waals surface area contributed by atoms with Gasteiger partial charge in [-0.05, 0) is 32.9 Å². The molecule has 0 bridgehead atoms. The van der Waals surface area contributed by atoms with E-state index in [0.717, 1.165) is 9.18 Å². The van der Waals surface area contributed by atoms with Gasteiger partial charge in [-0.15, -0.1) is 11.3 Å². The molecular weight excluding hydrogens is 294 g/mol. The second-order valence-corrected chi connectivity index (χ2v) is 8.53. The van der Waals surface area contributed by atoms with Crippen LogP contribution in [0.2, 0.25) is 4.34 Å². The van der Waals surface area contributed by atoms with E-state index in [1.54, 1.807) is 32.9 Å². The molecule has 0 radical (unpaired) electrons. The number of carbonyl (C=O) groups is 1. The number of carbonyl (C=O) groups excluding carboxylic acids is 1. The summed E-state index contributed by atoms with van der Waals surface area (Å²) in [7, 11) is -2.27. The van der Waals surface area contributed by atoms with Crippen LogP contribution >= 0.6 is 22.9 Å². The van der Waals surface area contributed by atoms with E-state index in [-0.39, 0.29) is 0 Å². The first-order valence-electron chi connectivity index (χ1n) is 5.44. The Morgan fingerprint density at radius 2 is 1.89 bits per heavy atom. The van der Waals surface area contributed by atoms with Gasteiger partial charge in [0.05, 0.1) is 15.5 Å². The lowest BCUT2D eigenvalue weighted by Crippen LogP contribution is -2.39. The lowest BCUT2D eigenvalue weighted by Gasteiger charge is -2.22. The number of amides is 1. The van der Waals surface area contributed by atoms with Crippen molar-refractivity contribution in [3.8, 4) is 0 Å². The Kier molecular flexibility index (Phi) is 4.80. The quantitative estimate of drug-likeness (QED) is 0.859. The molecule has 7 heteroatoms. The summed E-state index contributed by atoms with van der Waals surface area (Å²) in [4.78, 5) is 12.9. The highest BCUT2D eigenvalue weighted by atomic mass is 35.5. The molecule has 0 spiro atoms. The molecule has 0 aliphatic carbocycles. The van der Waals surface area contributed by atoms with E-state index in [1.165, 1.54) is 18.4 Å². The first kappa shape index (κ1) is 15.5. The van der Waals surface area contributed by atoms with E-state index in [2.05, 4.69) is 0 Å². The summed E-state index contributed by atoms with van der Waals surface area (Å²) in [5, 5.41) is -0.620. The second-order valence-electron chi connectivity index (χ2n) is 4.26. The first-order chi connectivity index (χ1) is 8.17. The van der Waals surface area contributed by atoms with E-state index in [4.69, 9.17) is 11.6 Å². The summed E-state index contributed by atoms with van der Waals surface area (Å²) in [5.41, 5.74) is 0. The number of halogens is 1. The van der Waals surface area contributed by atoms with Gasteiger partial charge in [0.15, 0.2) is 0 Å². The Bertz CT molecular complexity index is 536. The van der Waals surface area contributed by atoms with Crippen molar-refractivity contribution in [3.63, 3.8) is 0 Å². The molecule has 102 valence electrons. The molecule has 1 amide bonds. The molecule has 0 saturated carbocycles. The van der Waals surface area contributed by atoms with Gasteiger partial charge in [0.2, 0.25) is 15.9 Å². The van der Waals surface area contributed by atoms with Crippen LogP contribution in [0.4, 0.5) is 0 Å². The van der Waals surface area contributed by atoms with Crippen molar-refractivity contribution in [1.82, 2.24) is 4.31 Å². The van der Waals surface area contributed by atoms with Gasteiger partial charge in [0, 0.05) is 11.9 Å². The molecule has 4 nitrogen and oxygen atoms in total. The molecular formula is C11H16ClNO3S2. The summed E-state index contributed by atoms with van der Waals surface area (Å²) in [6.07, 6.45) is 0. The van der Waals surface area contributed by atoms with Gasteiger partial charge in [0.25, 0.3) is 0 Å². The van der Waals surface area contributed by atoms with Crippen LogP contribution in [0.3, 0.4) is 0 Å². The number of hydrogen-bond donors (Lipinski definition) is 0. The Balaban J connectivity index is 2.95. The zero-order valence-corrected chi connectivity index (χ0v) is 13.1. The van der Waals surface area contributed by atoms with Gasteiger partial charge in [-0.2, -0.15) is 0 Å². The standard InChI is InChI=1S/C11H16ClNO3S2/c1-7(2)18(15,16)13(4)11(14)8(3)9-5-6-10(12)17-9/h5-8H,1-4H3/t8-/m0/s1. The average Bonchev–Trinajstić information content (AvgIpc) is 2.72. The highest BCUT2D eigenvalue weighted by molar-refractivity contribution is 7.90. The summed E-state index contributed by atoms with van der Waals surface area (Å²) in [6.45, 7) is 4.77. The van der Waals surface area contributed by atoms with Crippen LogP contribution in [0.25, 0.3) is 0 Å².